The zero-order chi connectivity index (χ0) is 55.1. The van der Waals surface area contributed by atoms with E-state index in [1.807, 2.05) is 84.9 Å². The first-order valence-corrected chi connectivity index (χ1v) is 28.5. The summed E-state index contributed by atoms with van der Waals surface area (Å²) in [5.41, 5.74) is 6.59. The molecule has 2 amide bonds. The lowest BCUT2D eigenvalue weighted by molar-refractivity contribution is -0.156. The van der Waals surface area contributed by atoms with Crippen molar-refractivity contribution in [1.82, 2.24) is 4.90 Å². The third-order valence-corrected chi connectivity index (χ3v) is 17.8. The summed E-state index contributed by atoms with van der Waals surface area (Å²) in [6.45, 7) is -0.539. The number of carbonyl (C=O) groups is 2. The zero-order valence-corrected chi connectivity index (χ0v) is 45.3. The van der Waals surface area contributed by atoms with Gasteiger partial charge in [0.15, 0.2) is 0 Å². The van der Waals surface area contributed by atoms with Crippen LogP contribution in [-0.4, -0.2) is 51.2 Å². The summed E-state index contributed by atoms with van der Waals surface area (Å²) in [4.78, 5) is 32.7. The predicted molar refractivity (Wildman–Crippen MR) is 331 cm³/mol. The lowest BCUT2D eigenvalue weighted by Crippen LogP contribution is -2.61. The van der Waals surface area contributed by atoms with Gasteiger partial charge in [0.2, 0.25) is 11.8 Å². The van der Waals surface area contributed by atoms with Crippen LogP contribution in [0.1, 0.15) is 70.9 Å². The lowest BCUT2D eigenvalue weighted by atomic mass is 9.70. The third-order valence-electron chi connectivity index (χ3n) is 17.8. The highest BCUT2D eigenvalue weighted by atomic mass is 16.3. The maximum atomic E-state index is 16.7. The van der Waals surface area contributed by atoms with Crippen molar-refractivity contribution < 1.29 is 19.8 Å². The Kier molecular flexibility index (Phi) is 13.5. The van der Waals surface area contributed by atoms with E-state index in [-0.39, 0.29) is 38.8 Å². The number of benzene rings is 12. The van der Waals surface area contributed by atoms with Crippen LogP contribution in [0.25, 0.3) is 64.6 Å². The van der Waals surface area contributed by atoms with E-state index in [1.165, 1.54) is 0 Å². The molecule has 6 heteroatoms. The van der Waals surface area contributed by atoms with E-state index in [0.29, 0.717) is 12.8 Å². The van der Waals surface area contributed by atoms with Crippen molar-refractivity contribution in [1.29, 1.82) is 0 Å². The molecule has 0 bridgehead atoms. The second kappa shape index (κ2) is 21.3. The van der Waals surface area contributed by atoms with Crippen LogP contribution in [0.3, 0.4) is 0 Å². The van der Waals surface area contributed by atoms with Crippen LogP contribution in [0.5, 0.6) is 0 Å². The molecular weight excluding hydrogens is 993 g/mol. The van der Waals surface area contributed by atoms with Gasteiger partial charge in [-0.15, -0.1) is 0 Å². The minimum Gasteiger partial charge on any atom is -0.387 e. The SMILES string of the molecule is NC(=O)C1(C(=O)N(CC(O)(Cc2ccc3ccccc3c2)C(c2ccc3ccccc3c2)c2cccc3ccccc23)CC(O)(Cc2ccc3ccccc3c2)C(c2ccc3ccccc3c2)c2cccc3ccccc23)CCCC1. The number of fused-ring (bicyclic) bond motifs is 6. The van der Waals surface area contributed by atoms with Gasteiger partial charge in [-0.2, -0.15) is 0 Å². The molecule has 12 aromatic rings. The van der Waals surface area contributed by atoms with Gasteiger partial charge >= 0.3 is 0 Å². The highest BCUT2D eigenvalue weighted by Crippen LogP contribution is 2.48. The number of nitrogens with two attached hydrogens (primary N) is 1. The van der Waals surface area contributed by atoms with Crippen molar-refractivity contribution in [3.8, 4) is 0 Å². The summed E-state index contributed by atoms with van der Waals surface area (Å²) >= 11 is 0. The molecule has 81 heavy (non-hydrogen) atoms. The average Bonchev–Trinajstić information content (AvgIpc) is 4.03. The van der Waals surface area contributed by atoms with E-state index in [9.17, 15) is 15.0 Å². The quantitative estimate of drug-likeness (QED) is 0.0839. The Morgan fingerprint density at radius 2 is 0.741 bits per heavy atom. The first-order chi connectivity index (χ1) is 39.5. The normalized spacial score (nSPS) is 15.6. The van der Waals surface area contributed by atoms with Crippen molar-refractivity contribution in [3.05, 3.63) is 288 Å². The molecule has 4 N–H and O–H groups in total. The average molecular weight is 1060 g/mol. The predicted octanol–water partition coefficient (Wildman–Crippen LogP) is 15.4. The fourth-order valence-corrected chi connectivity index (χ4v) is 13.9. The number of carbonyl (C=O) groups excluding carboxylic acids is 2. The van der Waals surface area contributed by atoms with Crippen LogP contribution in [0.4, 0.5) is 0 Å². The Labute approximate surface area is 472 Å². The summed E-state index contributed by atoms with van der Waals surface area (Å²) in [6, 6.07) is 87.4. The van der Waals surface area contributed by atoms with Gasteiger partial charge in [-0.3, -0.25) is 9.59 Å². The highest BCUT2D eigenvalue weighted by Gasteiger charge is 2.54. The van der Waals surface area contributed by atoms with Crippen LogP contribution in [0.15, 0.2) is 255 Å². The summed E-state index contributed by atoms with van der Waals surface area (Å²) < 4.78 is 0. The summed E-state index contributed by atoms with van der Waals surface area (Å²) in [7, 11) is 0. The van der Waals surface area contributed by atoms with Gasteiger partial charge in [-0.25, -0.2) is 0 Å². The van der Waals surface area contributed by atoms with Crippen molar-refractivity contribution in [2.75, 3.05) is 13.1 Å². The van der Waals surface area contributed by atoms with Crippen molar-refractivity contribution in [3.63, 3.8) is 0 Å². The van der Waals surface area contributed by atoms with E-state index in [1.54, 1.807) is 4.90 Å². The molecule has 6 nitrogen and oxygen atoms in total. The number of amides is 2. The number of nitrogens with zero attached hydrogens (tertiary/aromatic N) is 1. The number of aliphatic hydroxyl groups is 2. The standard InChI is InChI=1S/C75H64N2O4/c76-71(78)73(41-13-14-42-73)72(79)77(49-74(80,47-51-33-35-53-17-1-5-23-59(53)43-51)69(63-39-37-55-19-3-7-25-61(55)45-63)67-31-15-27-57-21-9-11-29-65(57)67)50-75(81,48-52-34-36-54-18-2-6-24-60(54)44-52)70(64-40-38-56-20-4-8-26-62(56)46-64)68-32-16-28-58-22-10-12-30-66(58)68/h1-12,15-40,43-46,69-70,80-81H,13-14,41-42,47-50H2,(H2,76,78). The van der Waals surface area contributed by atoms with Crippen molar-refractivity contribution in [2.45, 2.75) is 61.6 Å². The molecule has 0 heterocycles. The number of hydrogen-bond donors (Lipinski definition) is 3. The number of hydrogen-bond acceptors (Lipinski definition) is 4. The largest absolute Gasteiger partial charge is 0.387 e. The lowest BCUT2D eigenvalue weighted by Gasteiger charge is -2.47. The Morgan fingerprint density at radius 1 is 0.407 bits per heavy atom. The van der Waals surface area contributed by atoms with E-state index >= 15 is 4.79 Å². The van der Waals surface area contributed by atoms with Gasteiger partial charge in [0, 0.05) is 24.7 Å². The zero-order valence-electron chi connectivity index (χ0n) is 45.3. The molecule has 1 fully saturated rings. The third kappa shape index (κ3) is 9.79. The maximum Gasteiger partial charge on any atom is 0.238 e. The van der Waals surface area contributed by atoms with Crippen LogP contribution in [-0.2, 0) is 22.4 Å². The van der Waals surface area contributed by atoms with Crippen LogP contribution in [0, 0.1) is 5.41 Å². The molecule has 0 aromatic heterocycles. The monoisotopic (exact) mass is 1060 g/mol. The number of rotatable bonds is 16. The van der Waals surface area contributed by atoms with Crippen molar-refractivity contribution >= 4 is 76.4 Å². The molecule has 12 aromatic carbocycles. The molecular formula is C75H64N2O4. The second-order valence-corrected chi connectivity index (χ2v) is 23.0. The van der Waals surface area contributed by atoms with Gasteiger partial charge in [-0.05, 0) is 111 Å². The fraction of sp³-hybridized carbons (Fsp3) is 0.173. The molecule has 0 spiro atoms. The molecule has 1 saturated carbocycles. The molecule has 1 aliphatic carbocycles. The van der Waals surface area contributed by atoms with E-state index in [4.69, 9.17) is 5.73 Å². The van der Waals surface area contributed by atoms with E-state index < -0.39 is 40.3 Å². The molecule has 398 valence electrons. The maximum absolute atomic E-state index is 16.7. The molecule has 0 saturated heterocycles. The van der Waals surface area contributed by atoms with Crippen LogP contribution in [0.2, 0.25) is 0 Å². The van der Waals surface area contributed by atoms with Gasteiger partial charge < -0.3 is 20.8 Å². The van der Waals surface area contributed by atoms with Crippen LogP contribution < -0.4 is 5.73 Å². The smallest absolute Gasteiger partial charge is 0.238 e. The Balaban J connectivity index is 1.08. The first kappa shape index (κ1) is 51.5. The van der Waals surface area contributed by atoms with Gasteiger partial charge in [0.25, 0.3) is 0 Å². The molecule has 0 aliphatic heterocycles. The van der Waals surface area contributed by atoms with E-state index in [2.05, 4.69) is 170 Å². The second-order valence-electron chi connectivity index (χ2n) is 23.0. The molecule has 13 rings (SSSR count). The Morgan fingerprint density at radius 3 is 1.14 bits per heavy atom. The van der Waals surface area contributed by atoms with Gasteiger partial charge in [0.05, 0.1) is 24.3 Å². The molecule has 0 radical (unpaired) electrons. The Hall–Kier alpha value is -8.94. The minimum atomic E-state index is -1.82. The van der Waals surface area contributed by atoms with Crippen LogP contribution >= 0.6 is 0 Å². The Bertz CT molecular complexity index is 4090. The summed E-state index contributed by atoms with van der Waals surface area (Å²) in [6.07, 6.45) is 2.00. The van der Waals surface area contributed by atoms with Gasteiger partial charge in [0.1, 0.15) is 5.41 Å². The van der Waals surface area contributed by atoms with Gasteiger partial charge in [-0.1, -0.05) is 268 Å². The molecule has 1 aliphatic rings. The number of primary amides is 1. The topological polar surface area (TPSA) is 104 Å². The van der Waals surface area contributed by atoms with E-state index in [0.717, 1.165) is 98.0 Å². The molecule has 4 atom stereocenters. The summed E-state index contributed by atoms with van der Waals surface area (Å²) in [5.74, 6) is -2.69. The molecule has 4 unspecified atom stereocenters. The fourth-order valence-electron chi connectivity index (χ4n) is 13.9. The first-order valence-electron chi connectivity index (χ1n) is 28.5. The summed E-state index contributed by atoms with van der Waals surface area (Å²) in [5, 5.41) is 42.2. The highest BCUT2D eigenvalue weighted by molar-refractivity contribution is 6.05. The minimum absolute atomic E-state index is 0.104. The van der Waals surface area contributed by atoms with Crippen molar-refractivity contribution in [2.24, 2.45) is 11.1 Å².